The van der Waals surface area contributed by atoms with Gasteiger partial charge in [-0.15, -0.1) is 0 Å². The lowest BCUT2D eigenvalue weighted by Crippen LogP contribution is -2.02. The second kappa shape index (κ2) is 8.27. The molecule has 0 saturated heterocycles. The van der Waals surface area contributed by atoms with Crippen LogP contribution in [-0.4, -0.2) is 22.6 Å². The number of hydrogen-bond acceptors (Lipinski definition) is 4. The largest absolute Gasteiger partial charge is 0.508 e. The van der Waals surface area contributed by atoms with Crippen molar-refractivity contribution < 1.29 is 19.7 Å². The van der Waals surface area contributed by atoms with Gasteiger partial charge in [-0.3, -0.25) is 4.79 Å². The highest BCUT2D eigenvalue weighted by Gasteiger charge is 2.15. The van der Waals surface area contributed by atoms with Gasteiger partial charge in [0.1, 0.15) is 29.4 Å². The first-order valence-corrected chi connectivity index (χ1v) is 7.30. The van der Waals surface area contributed by atoms with E-state index >= 15 is 0 Å². The third-order valence-electron chi connectivity index (χ3n) is 3.18. The third kappa shape index (κ3) is 5.64. The smallest absolute Gasteiger partial charge is 0.167 e. The number of rotatable bonds is 7. The zero-order valence-corrected chi connectivity index (χ0v) is 13.6. The van der Waals surface area contributed by atoms with E-state index < -0.39 is 0 Å². The summed E-state index contributed by atoms with van der Waals surface area (Å²) in [4.78, 5) is 11.6. The van der Waals surface area contributed by atoms with E-state index in [0.29, 0.717) is 0 Å². The number of hydrogen-bond donors (Lipinski definition) is 2. The van der Waals surface area contributed by atoms with Gasteiger partial charge in [0.25, 0.3) is 0 Å². The summed E-state index contributed by atoms with van der Waals surface area (Å²) in [5.74, 6) is -0.524. The number of carbonyl (C=O) groups is 1. The number of Topliss-reactive ketones (excluding diaryl/α,β-unsaturated/α-hetero) is 1. The SMILES string of the molecule is CC(=O)c1c(O)cc(O)cc1OC/C=C(\C)CCC=C(C)C. The van der Waals surface area contributed by atoms with Crippen molar-refractivity contribution in [3.8, 4) is 17.2 Å². The first-order valence-electron chi connectivity index (χ1n) is 7.30. The summed E-state index contributed by atoms with van der Waals surface area (Å²) < 4.78 is 5.53. The molecule has 0 fully saturated rings. The molecule has 0 amide bonds. The molecule has 0 bridgehead atoms. The number of carbonyl (C=O) groups excluding carboxylic acids is 1. The number of ketones is 1. The van der Waals surface area contributed by atoms with Gasteiger partial charge in [0.2, 0.25) is 0 Å². The van der Waals surface area contributed by atoms with E-state index in [0.717, 1.165) is 18.9 Å². The molecule has 1 aromatic carbocycles. The van der Waals surface area contributed by atoms with Gasteiger partial charge in [0.05, 0.1) is 0 Å². The van der Waals surface area contributed by atoms with E-state index in [4.69, 9.17) is 4.74 Å². The normalized spacial score (nSPS) is 11.2. The standard InChI is InChI=1S/C18H24O4/c1-12(2)6-5-7-13(3)8-9-22-17-11-15(20)10-16(21)18(17)14(4)19/h6,8,10-11,20-21H,5,7,9H2,1-4H3/b13-8+. The van der Waals surface area contributed by atoms with E-state index in [1.54, 1.807) is 0 Å². The number of benzene rings is 1. The zero-order valence-electron chi connectivity index (χ0n) is 13.6. The second-order valence-corrected chi connectivity index (χ2v) is 5.58. The van der Waals surface area contributed by atoms with E-state index in [9.17, 15) is 15.0 Å². The average Bonchev–Trinajstić information content (AvgIpc) is 2.36. The maximum Gasteiger partial charge on any atom is 0.167 e. The molecular formula is C18H24O4. The summed E-state index contributed by atoms with van der Waals surface area (Å²) in [5, 5.41) is 19.2. The lowest BCUT2D eigenvalue weighted by molar-refractivity contribution is 0.101. The predicted octanol–water partition coefficient (Wildman–Crippen LogP) is 4.37. The molecule has 0 heterocycles. The van der Waals surface area contributed by atoms with Crippen molar-refractivity contribution in [3.63, 3.8) is 0 Å². The molecule has 2 N–H and O–H groups in total. The Hall–Kier alpha value is -2.23. The van der Waals surface area contributed by atoms with Crippen LogP contribution in [0.25, 0.3) is 0 Å². The molecule has 0 aromatic heterocycles. The molecule has 0 aliphatic rings. The van der Waals surface area contributed by atoms with Gasteiger partial charge in [0.15, 0.2) is 5.78 Å². The molecule has 0 saturated carbocycles. The Balaban J connectivity index is 2.72. The third-order valence-corrected chi connectivity index (χ3v) is 3.18. The first-order chi connectivity index (χ1) is 10.3. The number of phenols is 2. The van der Waals surface area contributed by atoms with Crippen LogP contribution in [0.1, 0.15) is 50.9 Å². The lowest BCUT2D eigenvalue weighted by Gasteiger charge is -2.11. The molecule has 120 valence electrons. The fourth-order valence-corrected chi connectivity index (χ4v) is 2.02. The van der Waals surface area contributed by atoms with Crippen LogP contribution in [0.3, 0.4) is 0 Å². The van der Waals surface area contributed by atoms with Crippen molar-refractivity contribution in [2.75, 3.05) is 6.61 Å². The maximum absolute atomic E-state index is 11.6. The van der Waals surface area contributed by atoms with Gasteiger partial charge >= 0.3 is 0 Å². The van der Waals surface area contributed by atoms with Crippen LogP contribution < -0.4 is 4.74 Å². The molecule has 1 aromatic rings. The maximum atomic E-state index is 11.6. The number of ether oxygens (including phenoxy) is 1. The highest BCUT2D eigenvalue weighted by atomic mass is 16.5. The average molecular weight is 304 g/mol. The van der Waals surface area contributed by atoms with Gasteiger partial charge in [-0.25, -0.2) is 0 Å². The summed E-state index contributed by atoms with van der Waals surface area (Å²) in [6.45, 7) is 7.79. The summed E-state index contributed by atoms with van der Waals surface area (Å²) >= 11 is 0. The van der Waals surface area contributed by atoms with Crippen molar-refractivity contribution >= 4 is 5.78 Å². The fraction of sp³-hybridized carbons (Fsp3) is 0.389. The quantitative estimate of drug-likeness (QED) is 0.580. The Kier molecular flexibility index (Phi) is 6.70. The fourth-order valence-electron chi connectivity index (χ4n) is 2.02. The van der Waals surface area contributed by atoms with Crippen LogP contribution >= 0.6 is 0 Å². The minimum absolute atomic E-state index is 0.0911. The molecule has 1 rings (SSSR count). The predicted molar refractivity (Wildman–Crippen MR) is 87.7 cm³/mol. The van der Waals surface area contributed by atoms with Crippen LogP contribution in [0.2, 0.25) is 0 Å². The molecular weight excluding hydrogens is 280 g/mol. The molecule has 0 aliphatic heterocycles. The van der Waals surface area contributed by atoms with E-state index in [1.807, 2.05) is 13.0 Å². The second-order valence-electron chi connectivity index (χ2n) is 5.58. The lowest BCUT2D eigenvalue weighted by atomic mass is 10.1. The Morgan fingerprint density at radius 3 is 2.41 bits per heavy atom. The minimum atomic E-state index is -0.309. The molecule has 0 radical (unpaired) electrons. The highest BCUT2D eigenvalue weighted by molar-refractivity contribution is 5.99. The van der Waals surface area contributed by atoms with E-state index in [2.05, 4.69) is 19.9 Å². The van der Waals surface area contributed by atoms with Gasteiger partial charge in [-0.1, -0.05) is 17.2 Å². The van der Waals surface area contributed by atoms with Gasteiger partial charge in [-0.05, 0) is 46.6 Å². The van der Waals surface area contributed by atoms with Crippen molar-refractivity contribution in [2.45, 2.75) is 40.5 Å². The van der Waals surface area contributed by atoms with Gasteiger partial charge in [0, 0.05) is 12.1 Å². The topological polar surface area (TPSA) is 66.8 Å². The van der Waals surface area contributed by atoms with E-state index in [1.165, 1.54) is 24.1 Å². The number of aromatic hydroxyl groups is 2. The molecule has 0 aliphatic carbocycles. The monoisotopic (exact) mass is 304 g/mol. The van der Waals surface area contributed by atoms with Gasteiger partial charge < -0.3 is 14.9 Å². The van der Waals surface area contributed by atoms with Crippen molar-refractivity contribution in [1.29, 1.82) is 0 Å². The first kappa shape index (κ1) is 17.8. The Labute approximate surface area is 131 Å². The Morgan fingerprint density at radius 2 is 1.82 bits per heavy atom. The highest BCUT2D eigenvalue weighted by Crippen LogP contribution is 2.33. The molecule has 4 heteroatoms. The molecule has 22 heavy (non-hydrogen) atoms. The number of allylic oxidation sites excluding steroid dienone is 3. The van der Waals surface area contributed by atoms with Crippen molar-refractivity contribution in [1.82, 2.24) is 0 Å². The summed E-state index contributed by atoms with van der Waals surface area (Å²) in [5.41, 5.74) is 2.57. The Morgan fingerprint density at radius 1 is 1.14 bits per heavy atom. The van der Waals surface area contributed by atoms with Crippen LogP contribution in [0.4, 0.5) is 0 Å². The van der Waals surface area contributed by atoms with Crippen LogP contribution in [-0.2, 0) is 0 Å². The summed E-state index contributed by atoms with van der Waals surface area (Å²) in [7, 11) is 0. The van der Waals surface area contributed by atoms with Crippen LogP contribution in [0.15, 0.2) is 35.4 Å². The van der Waals surface area contributed by atoms with Crippen LogP contribution in [0.5, 0.6) is 17.2 Å². The molecule has 0 unspecified atom stereocenters. The molecule has 0 atom stereocenters. The molecule has 0 spiro atoms. The molecule has 4 nitrogen and oxygen atoms in total. The van der Waals surface area contributed by atoms with E-state index in [-0.39, 0.29) is 35.2 Å². The minimum Gasteiger partial charge on any atom is -0.508 e. The summed E-state index contributed by atoms with van der Waals surface area (Å²) in [6.07, 6.45) is 6.04. The number of phenolic OH excluding ortho intramolecular Hbond substituents is 2. The van der Waals surface area contributed by atoms with Crippen molar-refractivity contribution in [2.24, 2.45) is 0 Å². The Bertz CT molecular complexity index is 593. The van der Waals surface area contributed by atoms with Gasteiger partial charge in [-0.2, -0.15) is 0 Å². The van der Waals surface area contributed by atoms with Crippen molar-refractivity contribution in [3.05, 3.63) is 41.0 Å². The summed E-state index contributed by atoms with van der Waals surface area (Å²) in [6, 6.07) is 2.47. The zero-order chi connectivity index (χ0) is 16.7. The van der Waals surface area contributed by atoms with Crippen LogP contribution in [0, 0.1) is 0 Å².